The number of halogens is 1. The van der Waals surface area contributed by atoms with Crippen LogP contribution in [0.3, 0.4) is 0 Å². The molecular formula is C11H22ClNO. The summed E-state index contributed by atoms with van der Waals surface area (Å²) in [6.07, 6.45) is 4.83. The average Bonchev–Trinajstić information content (AvgIpc) is 2.04. The van der Waals surface area contributed by atoms with Crippen LogP contribution in [0.4, 0.5) is 0 Å². The van der Waals surface area contributed by atoms with E-state index in [0.717, 1.165) is 18.8 Å². The molecule has 1 fully saturated rings. The molecule has 0 heterocycles. The van der Waals surface area contributed by atoms with E-state index in [1.165, 1.54) is 12.8 Å². The maximum atomic E-state index is 11.2. The molecule has 1 aliphatic rings. The monoisotopic (exact) mass is 219 g/mol. The normalized spacial score (nSPS) is 27.9. The van der Waals surface area contributed by atoms with Gasteiger partial charge in [-0.25, -0.2) is 0 Å². The lowest BCUT2D eigenvalue weighted by molar-refractivity contribution is -0.129. The second-order valence-corrected chi connectivity index (χ2v) is 5.04. The molecule has 0 atom stereocenters. The first-order chi connectivity index (χ1) is 5.94. The third-order valence-electron chi connectivity index (χ3n) is 3.67. The van der Waals surface area contributed by atoms with Crippen molar-refractivity contribution in [3.63, 3.8) is 0 Å². The van der Waals surface area contributed by atoms with Crippen LogP contribution < -0.4 is 5.73 Å². The van der Waals surface area contributed by atoms with Gasteiger partial charge in [0.05, 0.1) is 0 Å². The summed E-state index contributed by atoms with van der Waals surface area (Å²) in [5.74, 6) is 1.19. The standard InChI is InChI=1S/C11H21NO.ClH/c1-8-4-6-9(7-5-8)11(2,3)10(12)13;/h8-9H,4-7H2,1-3H3,(H2,12,13);1H. The lowest BCUT2D eigenvalue weighted by Gasteiger charge is -2.36. The Kier molecular flexibility index (Phi) is 4.93. The molecule has 2 nitrogen and oxygen atoms in total. The van der Waals surface area contributed by atoms with Gasteiger partial charge in [-0.05, 0) is 24.7 Å². The lowest BCUT2D eigenvalue weighted by Crippen LogP contribution is -2.39. The summed E-state index contributed by atoms with van der Waals surface area (Å²) in [5.41, 5.74) is 5.09. The number of amides is 1. The summed E-state index contributed by atoms with van der Waals surface area (Å²) in [5, 5.41) is 0. The third kappa shape index (κ3) is 2.88. The second kappa shape index (κ2) is 5.01. The molecule has 0 saturated heterocycles. The van der Waals surface area contributed by atoms with E-state index in [9.17, 15) is 4.79 Å². The highest BCUT2D eigenvalue weighted by molar-refractivity contribution is 5.85. The van der Waals surface area contributed by atoms with Gasteiger partial charge in [0.1, 0.15) is 0 Å². The summed E-state index contributed by atoms with van der Waals surface area (Å²) in [6, 6.07) is 0. The Morgan fingerprint density at radius 1 is 1.21 bits per heavy atom. The summed E-state index contributed by atoms with van der Waals surface area (Å²) in [6.45, 7) is 6.25. The molecule has 0 aromatic rings. The summed E-state index contributed by atoms with van der Waals surface area (Å²) in [7, 11) is 0. The molecule has 0 aromatic heterocycles. The summed E-state index contributed by atoms with van der Waals surface area (Å²) in [4.78, 5) is 11.2. The van der Waals surface area contributed by atoms with Crippen molar-refractivity contribution in [3.05, 3.63) is 0 Å². The zero-order valence-corrected chi connectivity index (χ0v) is 10.2. The molecule has 2 N–H and O–H groups in total. The molecule has 1 amide bonds. The van der Waals surface area contributed by atoms with Crippen molar-refractivity contribution in [2.24, 2.45) is 23.0 Å². The molecule has 1 saturated carbocycles. The van der Waals surface area contributed by atoms with Crippen molar-refractivity contribution < 1.29 is 4.79 Å². The number of hydrogen-bond acceptors (Lipinski definition) is 1. The zero-order chi connectivity index (χ0) is 10.1. The molecule has 14 heavy (non-hydrogen) atoms. The minimum atomic E-state index is -0.305. The fourth-order valence-corrected chi connectivity index (χ4v) is 2.18. The number of carbonyl (C=O) groups excluding carboxylic acids is 1. The van der Waals surface area contributed by atoms with Crippen molar-refractivity contribution in [1.29, 1.82) is 0 Å². The van der Waals surface area contributed by atoms with Gasteiger partial charge in [-0.3, -0.25) is 4.79 Å². The fraction of sp³-hybridized carbons (Fsp3) is 0.909. The topological polar surface area (TPSA) is 43.1 Å². The largest absolute Gasteiger partial charge is 0.369 e. The zero-order valence-electron chi connectivity index (χ0n) is 9.38. The van der Waals surface area contributed by atoms with Gasteiger partial charge in [-0.15, -0.1) is 12.4 Å². The highest BCUT2D eigenvalue weighted by Crippen LogP contribution is 2.39. The Bertz CT molecular complexity index is 195. The quantitative estimate of drug-likeness (QED) is 0.763. The van der Waals surface area contributed by atoms with Crippen molar-refractivity contribution in [2.75, 3.05) is 0 Å². The van der Waals surface area contributed by atoms with Crippen LogP contribution in [0.15, 0.2) is 0 Å². The number of rotatable bonds is 2. The molecule has 0 bridgehead atoms. The Balaban J connectivity index is 0.00000169. The van der Waals surface area contributed by atoms with Gasteiger partial charge in [0.25, 0.3) is 0 Å². The molecular weight excluding hydrogens is 198 g/mol. The molecule has 3 heteroatoms. The molecule has 1 aliphatic carbocycles. The minimum Gasteiger partial charge on any atom is -0.369 e. The van der Waals surface area contributed by atoms with Crippen molar-refractivity contribution in [2.45, 2.75) is 46.5 Å². The molecule has 0 unspecified atom stereocenters. The van der Waals surface area contributed by atoms with E-state index in [1.807, 2.05) is 13.8 Å². The fourth-order valence-electron chi connectivity index (χ4n) is 2.18. The van der Waals surface area contributed by atoms with Gasteiger partial charge >= 0.3 is 0 Å². The first-order valence-electron chi connectivity index (χ1n) is 5.24. The number of hydrogen-bond donors (Lipinski definition) is 1. The Morgan fingerprint density at radius 2 is 1.64 bits per heavy atom. The van der Waals surface area contributed by atoms with E-state index >= 15 is 0 Å². The van der Waals surface area contributed by atoms with E-state index < -0.39 is 0 Å². The number of carbonyl (C=O) groups is 1. The summed E-state index contributed by atoms with van der Waals surface area (Å²) < 4.78 is 0. The van der Waals surface area contributed by atoms with Crippen molar-refractivity contribution in [1.82, 2.24) is 0 Å². The molecule has 1 rings (SSSR count). The second-order valence-electron chi connectivity index (χ2n) is 5.04. The summed E-state index contributed by atoms with van der Waals surface area (Å²) >= 11 is 0. The van der Waals surface area contributed by atoms with Crippen LogP contribution in [0.2, 0.25) is 0 Å². The predicted molar refractivity (Wildman–Crippen MR) is 61.3 cm³/mol. The van der Waals surface area contributed by atoms with Crippen LogP contribution in [0.5, 0.6) is 0 Å². The van der Waals surface area contributed by atoms with Crippen LogP contribution in [0, 0.1) is 17.3 Å². The molecule has 0 aliphatic heterocycles. The van der Waals surface area contributed by atoms with Gasteiger partial charge < -0.3 is 5.73 Å². The number of primary amides is 1. The van der Waals surface area contributed by atoms with Gasteiger partial charge in [-0.1, -0.05) is 33.6 Å². The first kappa shape index (κ1) is 13.8. The Morgan fingerprint density at radius 3 is 2.00 bits per heavy atom. The Hall–Kier alpha value is -0.240. The maximum absolute atomic E-state index is 11.2. The highest BCUT2D eigenvalue weighted by Gasteiger charge is 2.36. The van der Waals surface area contributed by atoms with E-state index in [0.29, 0.717) is 5.92 Å². The first-order valence-corrected chi connectivity index (χ1v) is 5.24. The van der Waals surface area contributed by atoms with Gasteiger partial charge in [0.15, 0.2) is 0 Å². The van der Waals surface area contributed by atoms with E-state index in [-0.39, 0.29) is 23.7 Å². The van der Waals surface area contributed by atoms with Crippen LogP contribution in [-0.2, 0) is 4.79 Å². The van der Waals surface area contributed by atoms with Gasteiger partial charge in [0, 0.05) is 5.41 Å². The van der Waals surface area contributed by atoms with Crippen LogP contribution in [-0.4, -0.2) is 5.91 Å². The van der Waals surface area contributed by atoms with Crippen LogP contribution in [0.25, 0.3) is 0 Å². The maximum Gasteiger partial charge on any atom is 0.223 e. The van der Waals surface area contributed by atoms with E-state index in [2.05, 4.69) is 6.92 Å². The van der Waals surface area contributed by atoms with Crippen molar-refractivity contribution >= 4 is 18.3 Å². The minimum absolute atomic E-state index is 0. The SMILES string of the molecule is CC1CCC(C(C)(C)C(N)=O)CC1.Cl. The van der Waals surface area contributed by atoms with Gasteiger partial charge in [-0.2, -0.15) is 0 Å². The van der Waals surface area contributed by atoms with Crippen LogP contribution in [0.1, 0.15) is 46.5 Å². The van der Waals surface area contributed by atoms with Crippen molar-refractivity contribution in [3.8, 4) is 0 Å². The smallest absolute Gasteiger partial charge is 0.223 e. The molecule has 0 aromatic carbocycles. The average molecular weight is 220 g/mol. The van der Waals surface area contributed by atoms with Crippen LogP contribution >= 0.6 is 12.4 Å². The Labute approximate surface area is 93.0 Å². The molecule has 0 spiro atoms. The highest BCUT2D eigenvalue weighted by atomic mass is 35.5. The van der Waals surface area contributed by atoms with E-state index in [1.54, 1.807) is 0 Å². The third-order valence-corrected chi connectivity index (χ3v) is 3.67. The lowest BCUT2D eigenvalue weighted by atomic mass is 9.69. The number of nitrogens with two attached hydrogens (primary N) is 1. The molecule has 84 valence electrons. The molecule has 0 radical (unpaired) electrons. The predicted octanol–water partition coefficient (Wildman–Crippen LogP) is 2.75. The van der Waals surface area contributed by atoms with Gasteiger partial charge in [0.2, 0.25) is 5.91 Å². The van der Waals surface area contributed by atoms with E-state index in [4.69, 9.17) is 5.73 Å².